The summed E-state index contributed by atoms with van der Waals surface area (Å²) < 4.78 is 21.5. The standard InChI is InChI=1S/C3H6F2.ClH/c1-2-3(4)5;/h3H,2H2,1H3;1H. The Bertz CT molecular complexity index is 22.8. The lowest BCUT2D eigenvalue weighted by molar-refractivity contribution is 0.144. The van der Waals surface area contributed by atoms with E-state index in [1.807, 2.05) is 0 Å². The van der Waals surface area contributed by atoms with Gasteiger partial charge < -0.3 is 0 Å². The first kappa shape index (κ1) is 9.47. The summed E-state index contributed by atoms with van der Waals surface area (Å²) in [6.07, 6.45) is -2.14. The van der Waals surface area contributed by atoms with Gasteiger partial charge in [0.15, 0.2) is 0 Å². The highest BCUT2D eigenvalue weighted by Crippen LogP contribution is 1.93. The van der Waals surface area contributed by atoms with E-state index in [9.17, 15) is 8.78 Å². The minimum absolute atomic E-state index is 0. The van der Waals surface area contributed by atoms with Gasteiger partial charge in [0, 0.05) is 6.42 Å². The molecule has 0 aliphatic carbocycles. The van der Waals surface area contributed by atoms with Crippen molar-refractivity contribution in [2.24, 2.45) is 0 Å². The highest BCUT2D eigenvalue weighted by Gasteiger charge is 1.91. The maximum absolute atomic E-state index is 10.8. The van der Waals surface area contributed by atoms with E-state index in [2.05, 4.69) is 0 Å². The van der Waals surface area contributed by atoms with E-state index in [0.29, 0.717) is 0 Å². The van der Waals surface area contributed by atoms with Gasteiger partial charge in [-0.25, -0.2) is 8.78 Å². The first-order valence-electron chi connectivity index (χ1n) is 1.55. The van der Waals surface area contributed by atoms with Crippen LogP contribution in [-0.2, 0) is 0 Å². The smallest absolute Gasteiger partial charge is 0.211 e. The number of halogens is 3. The Kier molecular flexibility index (Phi) is 8.13. The summed E-state index contributed by atoms with van der Waals surface area (Å²) in [7, 11) is 0. The summed E-state index contributed by atoms with van der Waals surface area (Å²) in [5.74, 6) is 0. The van der Waals surface area contributed by atoms with E-state index in [4.69, 9.17) is 0 Å². The van der Waals surface area contributed by atoms with Crippen molar-refractivity contribution in [3.63, 3.8) is 0 Å². The first-order valence-corrected chi connectivity index (χ1v) is 1.55. The minimum Gasteiger partial charge on any atom is -0.211 e. The Labute approximate surface area is 42.0 Å². The molecule has 0 bridgehead atoms. The SMILES string of the molecule is CCC(F)F.Cl. The van der Waals surface area contributed by atoms with Crippen molar-refractivity contribution in [2.45, 2.75) is 19.8 Å². The van der Waals surface area contributed by atoms with Crippen LogP contribution in [0.15, 0.2) is 0 Å². The molecule has 0 fully saturated rings. The van der Waals surface area contributed by atoms with E-state index in [0.717, 1.165) is 0 Å². The van der Waals surface area contributed by atoms with E-state index in [1.165, 1.54) is 6.92 Å². The van der Waals surface area contributed by atoms with Crippen LogP contribution >= 0.6 is 12.4 Å². The third-order valence-corrected chi connectivity index (χ3v) is 0.309. The fraction of sp³-hybridized carbons (Fsp3) is 1.00. The van der Waals surface area contributed by atoms with Crippen molar-refractivity contribution in [2.75, 3.05) is 0 Å². The molecule has 6 heavy (non-hydrogen) atoms. The van der Waals surface area contributed by atoms with Crippen molar-refractivity contribution in [3.8, 4) is 0 Å². The third kappa shape index (κ3) is 8.91. The van der Waals surface area contributed by atoms with Crippen molar-refractivity contribution < 1.29 is 8.78 Å². The molecule has 0 aromatic carbocycles. The zero-order valence-electron chi connectivity index (χ0n) is 3.45. The fourth-order valence-electron chi connectivity index (χ4n) is 0. The third-order valence-electron chi connectivity index (χ3n) is 0.309. The summed E-state index contributed by atoms with van der Waals surface area (Å²) in [6, 6.07) is 0. The quantitative estimate of drug-likeness (QED) is 0.492. The van der Waals surface area contributed by atoms with Crippen molar-refractivity contribution in [1.82, 2.24) is 0 Å². The molecule has 0 aliphatic rings. The molecule has 0 atom stereocenters. The minimum atomic E-state index is -2.12. The zero-order chi connectivity index (χ0) is 4.28. The molecule has 0 spiro atoms. The molecule has 0 nitrogen and oxygen atoms in total. The summed E-state index contributed by atoms with van der Waals surface area (Å²) >= 11 is 0. The normalized spacial score (nSPS) is 8.00. The van der Waals surface area contributed by atoms with Crippen molar-refractivity contribution in [1.29, 1.82) is 0 Å². The topological polar surface area (TPSA) is 0 Å². The molecule has 0 saturated heterocycles. The number of alkyl halides is 2. The maximum Gasteiger partial charge on any atom is 0.238 e. The molecule has 0 rings (SSSR count). The molecule has 0 radical (unpaired) electrons. The molecule has 0 aromatic rings. The lowest BCUT2D eigenvalue weighted by Gasteiger charge is -1.81. The van der Waals surface area contributed by atoms with Crippen LogP contribution in [0.4, 0.5) is 8.78 Å². The van der Waals surface area contributed by atoms with E-state index >= 15 is 0 Å². The highest BCUT2D eigenvalue weighted by atomic mass is 35.5. The van der Waals surface area contributed by atoms with Crippen molar-refractivity contribution in [3.05, 3.63) is 0 Å². The number of hydrogen-bond donors (Lipinski definition) is 0. The van der Waals surface area contributed by atoms with Crippen LogP contribution in [0.25, 0.3) is 0 Å². The molecule has 0 amide bonds. The summed E-state index contributed by atoms with van der Waals surface area (Å²) in [6.45, 7) is 1.45. The predicted octanol–water partition coefficient (Wildman–Crippen LogP) is 2.08. The predicted molar refractivity (Wildman–Crippen MR) is 23.5 cm³/mol. The van der Waals surface area contributed by atoms with Crippen LogP contribution in [0.3, 0.4) is 0 Å². The van der Waals surface area contributed by atoms with Crippen LogP contribution < -0.4 is 0 Å². The van der Waals surface area contributed by atoms with Gasteiger partial charge in [-0.05, 0) is 0 Å². The summed E-state index contributed by atoms with van der Waals surface area (Å²) in [4.78, 5) is 0. The maximum atomic E-state index is 10.8. The molecule has 0 heterocycles. The molecule has 0 aromatic heterocycles. The Morgan fingerprint density at radius 3 is 1.67 bits per heavy atom. The van der Waals surface area contributed by atoms with Gasteiger partial charge in [0.1, 0.15) is 0 Å². The van der Waals surface area contributed by atoms with Crippen LogP contribution in [-0.4, -0.2) is 6.43 Å². The monoisotopic (exact) mass is 116 g/mol. The molecule has 0 N–H and O–H groups in total. The van der Waals surface area contributed by atoms with Crippen LogP contribution in [0.1, 0.15) is 13.3 Å². The van der Waals surface area contributed by atoms with Crippen LogP contribution in [0, 0.1) is 0 Å². The van der Waals surface area contributed by atoms with Gasteiger partial charge in [0.05, 0.1) is 0 Å². The molecule has 0 unspecified atom stereocenters. The zero-order valence-corrected chi connectivity index (χ0v) is 4.27. The van der Waals surface area contributed by atoms with Gasteiger partial charge in [-0.2, -0.15) is 0 Å². The summed E-state index contributed by atoms with van der Waals surface area (Å²) in [5.41, 5.74) is 0. The second kappa shape index (κ2) is 5.15. The van der Waals surface area contributed by atoms with Gasteiger partial charge in [0.2, 0.25) is 6.43 Å². The van der Waals surface area contributed by atoms with Crippen LogP contribution in [0.5, 0.6) is 0 Å². The van der Waals surface area contributed by atoms with Crippen LogP contribution in [0.2, 0.25) is 0 Å². The van der Waals surface area contributed by atoms with Gasteiger partial charge in [-0.3, -0.25) is 0 Å². The average Bonchev–Trinajstić information content (AvgIpc) is 1.38. The Hall–Kier alpha value is 0.150. The number of rotatable bonds is 1. The largest absolute Gasteiger partial charge is 0.238 e. The lowest BCUT2D eigenvalue weighted by atomic mass is 10.5. The second-order valence-corrected chi connectivity index (χ2v) is 0.799. The molecule has 3 heteroatoms. The lowest BCUT2D eigenvalue weighted by Crippen LogP contribution is -1.80. The Balaban J connectivity index is 0. The van der Waals surface area contributed by atoms with E-state index in [1.54, 1.807) is 0 Å². The average molecular weight is 117 g/mol. The molecular formula is C3H7ClF2. The van der Waals surface area contributed by atoms with Gasteiger partial charge in [-0.15, -0.1) is 12.4 Å². The fourth-order valence-corrected chi connectivity index (χ4v) is 0. The molecule has 0 saturated carbocycles. The Morgan fingerprint density at radius 1 is 1.50 bits per heavy atom. The Morgan fingerprint density at radius 2 is 1.67 bits per heavy atom. The summed E-state index contributed by atoms with van der Waals surface area (Å²) in [5, 5.41) is 0. The van der Waals surface area contributed by atoms with Gasteiger partial charge in [-0.1, -0.05) is 6.92 Å². The van der Waals surface area contributed by atoms with Crippen molar-refractivity contribution >= 4 is 12.4 Å². The van der Waals surface area contributed by atoms with Gasteiger partial charge in [0.25, 0.3) is 0 Å². The second-order valence-electron chi connectivity index (χ2n) is 0.799. The van der Waals surface area contributed by atoms with E-state index in [-0.39, 0.29) is 18.8 Å². The number of hydrogen-bond acceptors (Lipinski definition) is 0. The molecule has 40 valence electrons. The first-order chi connectivity index (χ1) is 2.27. The molecule has 0 aliphatic heterocycles. The highest BCUT2D eigenvalue weighted by molar-refractivity contribution is 5.85. The van der Waals surface area contributed by atoms with Gasteiger partial charge >= 0.3 is 0 Å². The van der Waals surface area contributed by atoms with E-state index < -0.39 is 6.43 Å². The molecular weight excluding hydrogens is 109 g/mol.